The Morgan fingerprint density at radius 3 is 0.952 bits per heavy atom. The van der Waals surface area contributed by atoms with E-state index in [1.165, 1.54) is 0 Å². The summed E-state index contributed by atoms with van der Waals surface area (Å²) in [6.45, 7) is 1.85. The van der Waals surface area contributed by atoms with Gasteiger partial charge in [-0.1, -0.05) is 24.4 Å². The van der Waals surface area contributed by atoms with Crippen LogP contribution in [0.3, 0.4) is 0 Å². The molecular weight excluding hydrogens is 541 g/mol. The van der Waals surface area contributed by atoms with Gasteiger partial charge in [-0.25, -0.2) is 0 Å². The van der Waals surface area contributed by atoms with E-state index < -0.39 is 0 Å². The number of hydrogen-bond donors (Lipinski definition) is 6. The summed E-state index contributed by atoms with van der Waals surface area (Å²) in [6.07, 6.45) is 0. The van der Waals surface area contributed by atoms with Gasteiger partial charge < -0.3 is 30.2 Å². The topological polar surface area (TPSA) is 87.4 Å². The normalized spacial score (nSPS) is 9.05. The molecule has 11 heteroatoms. The van der Waals surface area contributed by atoms with Crippen molar-refractivity contribution in [2.75, 3.05) is 52.6 Å². The molecule has 21 heavy (non-hydrogen) atoms. The van der Waals surface area contributed by atoms with E-state index in [0.29, 0.717) is 34.8 Å². The van der Waals surface area contributed by atoms with E-state index in [1.54, 1.807) is 9.80 Å². The smallest absolute Gasteiger partial charge is 0.395 e. The van der Waals surface area contributed by atoms with Gasteiger partial charge in [-0.3, -0.25) is 0 Å². The Kier molecular flexibility index (Phi) is 24.9. The van der Waals surface area contributed by atoms with Crippen LogP contribution >= 0.6 is 49.7 Å². The number of aliphatic hydroxyl groups excluding tert-OH is 4. The van der Waals surface area contributed by atoms with E-state index in [1.807, 2.05) is 0 Å². The molecule has 0 aromatic rings. The summed E-state index contributed by atoms with van der Waals surface area (Å²) in [4.78, 5) is 3.25. The molecule has 0 aliphatic rings. The predicted octanol–water partition coefficient (Wildman–Crippen LogP) is -1.03. The molecule has 0 fully saturated rings. The summed E-state index contributed by atoms with van der Waals surface area (Å²) in [6, 6.07) is 0. The molecule has 0 heterocycles. The molecule has 0 aromatic carbocycles. The molecule has 0 atom stereocenters. The van der Waals surface area contributed by atoms with Crippen LogP contribution in [0.2, 0.25) is 0 Å². The third-order valence-electron chi connectivity index (χ3n) is 2.02. The summed E-state index contributed by atoms with van der Waals surface area (Å²) < 4.78 is 0.811. The predicted molar refractivity (Wildman–Crippen MR) is 94.7 cm³/mol. The van der Waals surface area contributed by atoms with Crippen LogP contribution in [0, 0.1) is 0 Å². The Bertz CT molecular complexity index is 239. The van der Waals surface area contributed by atoms with Crippen molar-refractivity contribution < 1.29 is 48.1 Å². The molecule has 120 valence electrons. The maximum absolute atomic E-state index is 8.50. The van der Waals surface area contributed by atoms with Gasteiger partial charge in [0.2, 0.25) is 0 Å². The minimum absolute atomic E-state index is 0. The molecule has 0 saturated carbocycles. The first-order valence-electron chi connectivity index (χ1n) is 5.83. The van der Waals surface area contributed by atoms with Crippen LogP contribution in [0.15, 0.2) is 0 Å². The van der Waals surface area contributed by atoms with Crippen molar-refractivity contribution in [1.82, 2.24) is 9.80 Å². The Balaban J connectivity index is -0.000000295. The average molecular weight is 563 g/mol. The summed E-state index contributed by atoms with van der Waals surface area (Å²) in [5, 5.41) is 34.0. The van der Waals surface area contributed by atoms with Gasteiger partial charge >= 0.3 is 27.7 Å². The van der Waals surface area contributed by atoms with Gasteiger partial charge in [0.15, 0.2) is 0 Å². The first-order chi connectivity index (χ1) is 9.44. The van der Waals surface area contributed by atoms with Crippen LogP contribution in [-0.4, -0.2) is 91.5 Å². The van der Waals surface area contributed by atoms with Crippen LogP contribution in [0.1, 0.15) is 0 Å². The maximum Gasteiger partial charge on any atom is 2.00 e. The first-order valence-corrected chi connectivity index (χ1v) is 7.54. The van der Waals surface area contributed by atoms with Crippen LogP contribution in [0.5, 0.6) is 0 Å². The molecule has 0 bridgehead atoms. The number of thiocarbonyl (C=S) groups is 2. The largest absolute Gasteiger partial charge is 2.00 e. The van der Waals surface area contributed by atoms with Crippen molar-refractivity contribution in [3.05, 3.63) is 0 Å². The fraction of sp³-hybridized carbons (Fsp3) is 0.800. The molecule has 6 nitrogen and oxygen atoms in total. The third kappa shape index (κ3) is 17.4. The van der Waals surface area contributed by atoms with E-state index in [0.717, 1.165) is 0 Å². The van der Waals surface area contributed by atoms with E-state index in [9.17, 15) is 0 Å². The van der Waals surface area contributed by atoms with Crippen LogP contribution in [0.4, 0.5) is 0 Å². The molecular formula is C10H22HgN2O4S4+2. The fourth-order valence-electron chi connectivity index (χ4n) is 1.09. The van der Waals surface area contributed by atoms with Gasteiger partial charge in [0, 0.05) is 26.2 Å². The quantitative estimate of drug-likeness (QED) is 0.127. The van der Waals surface area contributed by atoms with E-state index >= 15 is 0 Å². The Morgan fingerprint density at radius 1 is 0.667 bits per heavy atom. The monoisotopic (exact) mass is 564 g/mol. The number of rotatable bonds is 8. The third-order valence-corrected chi connectivity index (χ3v) is 3.10. The van der Waals surface area contributed by atoms with Gasteiger partial charge in [-0.15, -0.1) is 25.3 Å². The second-order valence-corrected chi connectivity index (χ2v) is 5.66. The minimum atomic E-state index is 0. The average Bonchev–Trinajstić information content (AvgIpc) is 2.38. The molecule has 0 spiro atoms. The van der Waals surface area contributed by atoms with E-state index in [4.69, 9.17) is 44.9 Å². The van der Waals surface area contributed by atoms with Crippen molar-refractivity contribution in [1.29, 1.82) is 0 Å². The second kappa shape index (κ2) is 19.3. The van der Waals surface area contributed by atoms with E-state index in [-0.39, 0.29) is 54.1 Å². The number of thiol groups is 2. The SMILES string of the molecule is OCCN(CCO)C(=S)S.OCCN(CCO)C(=S)S.[Hg+2]. The van der Waals surface area contributed by atoms with Crippen LogP contribution in [-0.2, 0) is 27.7 Å². The molecule has 0 aliphatic heterocycles. The van der Waals surface area contributed by atoms with Crippen molar-refractivity contribution >= 4 is 58.3 Å². The van der Waals surface area contributed by atoms with Gasteiger partial charge in [-0.2, -0.15) is 0 Å². The number of aliphatic hydroxyl groups is 4. The molecule has 0 aromatic heterocycles. The zero-order chi connectivity index (χ0) is 16.0. The summed E-state index contributed by atoms with van der Waals surface area (Å²) in [5.74, 6) is 0. The van der Waals surface area contributed by atoms with Crippen molar-refractivity contribution in [2.24, 2.45) is 0 Å². The number of hydrogen-bond acceptors (Lipinski definition) is 6. The molecule has 0 aliphatic carbocycles. The Hall–Kier alpha value is 1.26. The molecule has 0 rings (SSSR count). The summed E-state index contributed by atoms with van der Waals surface area (Å²) in [7, 11) is 0. The molecule has 4 N–H and O–H groups in total. The van der Waals surface area contributed by atoms with Crippen molar-refractivity contribution in [2.45, 2.75) is 0 Å². The van der Waals surface area contributed by atoms with Crippen molar-refractivity contribution in [3.8, 4) is 0 Å². The summed E-state index contributed by atoms with van der Waals surface area (Å²) in [5.41, 5.74) is 0. The van der Waals surface area contributed by atoms with Gasteiger partial charge in [-0.05, 0) is 0 Å². The Labute approximate surface area is 167 Å². The standard InChI is InChI=1S/2C5H11NO2S2.Hg/c2*7-3-1-6(2-4-8)5(9)10;/h2*7-8H,1-4H2,(H,9,10);/q;;+2. The van der Waals surface area contributed by atoms with Crippen LogP contribution in [0.25, 0.3) is 0 Å². The van der Waals surface area contributed by atoms with Gasteiger partial charge in [0.05, 0.1) is 26.4 Å². The molecule has 0 unspecified atom stereocenters. The zero-order valence-electron chi connectivity index (χ0n) is 11.8. The summed E-state index contributed by atoms with van der Waals surface area (Å²) >= 11 is 17.2. The van der Waals surface area contributed by atoms with Gasteiger partial charge in [0.1, 0.15) is 8.64 Å². The number of nitrogens with zero attached hydrogens (tertiary/aromatic N) is 2. The maximum atomic E-state index is 8.50. The zero-order valence-corrected chi connectivity index (χ0v) is 20.7. The second-order valence-electron chi connectivity index (χ2n) is 3.43. The fourth-order valence-corrected chi connectivity index (χ4v) is 1.85. The van der Waals surface area contributed by atoms with Gasteiger partial charge in [0.25, 0.3) is 0 Å². The van der Waals surface area contributed by atoms with E-state index in [2.05, 4.69) is 25.3 Å². The minimum Gasteiger partial charge on any atom is -0.395 e. The molecule has 0 amide bonds. The molecule has 0 saturated heterocycles. The van der Waals surface area contributed by atoms with Crippen molar-refractivity contribution in [3.63, 3.8) is 0 Å². The first kappa shape index (κ1) is 27.1. The van der Waals surface area contributed by atoms with Crippen LogP contribution < -0.4 is 0 Å². The molecule has 0 radical (unpaired) electrons. The Morgan fingerprint density at radius 2 is 0.857 bits per heavy atom.